The molecule has 0 unspecified atom stereocenters. The Bertz CT molecular complexity index is 871. The zero-order chi connectivity index (χ0) is 17.8. The van der Waals surface area contributed by atoms with Crippen molar-refractivity contribution in [3.05, 3.63) is 86.9 Å². The summed E-state index contributed by atoms with van der Waals surface area (Å²) >= 11 is 6.19. The third-order valence-electron chi connectivity index (χ3n) is 3.87. The van der Waals surface area contributed by atoms with E-state index >= 15 is 0 Å². The summed E-state index contributed by atoms with van der Waals surface area (Å²) in [7, 11) is 0. The number of aromatic nitrogens is 2. The maximum Gasteiger partial charge on any atom is 0.271 e. The molecule has 0 amide bonds. The lowest BCUT2D eigenvalue weighted by atomic mass is 10.1. The van der Waals surface area contributed by atoms with Gasteiger partial charge in [0.15, 0.2) is 0 Å². The standard InChI is InChI=1S/C18H17ClN4O2/c1-13-7-16(23(24)25)9-17(19)18(13)21-10-14-3-2-4-15(8-14)11-22-6-5-20-12-22/h2-9,12,21H,10-11H2,1H3. The zero-order valence-electron chi connectivity index (χ0n) is 13.6. The van der Waals surface area contributed by atoms with E-state index < -0.39 is 4.92 Å². The van der Waals surface area contributed by atoms with Crippen molar-refractivity contribution in [2.45, 2.75) is 20.0 Å². The predicted octanol–water partition coefficient (Wildman–Crippen LogP) is 4.41. The summed E-state index contributed by atoms with van der Waals surface area (Å²) in [6.45, 7) is 3.14. The Balaban J connectivity index is 1.72. The molecule has 3 rings (SSSR count). The molecule has 7 heteroatoms. The molecule has 0 fully saturated rings. The van der Waals surface area contributed by atoms with Crippen molar-refractivity contribution in [3.8, 4) is 0 Å². The van der Waals surface area contributed by atoms with Gasteiger partial charge in [0.25, 0.3) is 5.69 Å². The molecule has 0 bridgehead atoms. The number of rotatable bonds is 6. The number of non-ortho nitro benzene ring substituents is 1. The number of nitro groups is 1. The van der Waals surface area contributed by atoms with Crippen LogP contribution in [0.5, 0.6) is 0 Å². The number of hydrogen-bond donors (Lipinski definition) is 1. The highest BCUT2D eigenvalue weighted by molar-refractivity contribution is 6.33. The Labute approximate surface area is 150 Å². The first kappa shape index (κ1) is 17.0. The van der Waals surface area contributed by atoms with Crippen molar-refractivity contribution < 1.29 is 4.92 Å². The van der Waals surface area contributed by atoms with Crippen molar-refractivity contribution in [3.63, 3.8) is 0 Å². The lowest BCUT2D eigenvalue weighted by Gasteiger charge is -2.12. The average molecular weight is 357 g/mol. The number of halogens is 1. The van der Waals surface area contributed by atoms with Gasteiger partial charge in [0.05, 0.1) is 22.0 Å². The third-order valence-corrected chi connectivity index (χ3v) is 4.17. The molecule has 128 valence electrons. The van der Waals surface area contributed by atoms with Crippen molar-refractivity contribution >= 4 is 23.0 Å². The smallest absolute Gasteiger partial charge is 0.271 e. The van der Waals surface area contributed by atoms with Gasteiger partial charge in [-0.3, -0.25) is 10.1 Å². The van der Waals surface area contributed by atoms with Crippen LogP contribution >= 0.6 is 11.6 Å². The number of benzene rings is 2. The molecular formula is C18H17ClN4O2. The van der Waals surface area contributed by atoms with Gasteiger partial charge in [0, 0.05) is 37.6 Å². The second kappa shape index (κ2) is 7.36. The van der Waals surface area contributed by atoms with Gasteiger partial charge in [-0.05, 0) is 23.6 Å². The summed E-state index contributed by atoms with van der Waals surface area (Å²) in [6, 6.07) is 11.1. The normalized spacial score (nSPS) is 10.6. The Morgan fingerprint density at radius 3 is 2.76 bits per heavy atom. The summed E-state index contributed by atoms with van der Waals surface area (Å²) in [5.41, 5.74) is 3.73. The first-order valence-electron chi connectivity index (χ1n) is 7.75. The monoisotopic (exact) mass is 356 g/mol. The number of anilines is 1. The lowest BCUT2D eigenvalue weighted by molar-refractivity contribution is -0.384. The van der Waals surface area contributed by atoms with Crippen LogP contribution in [0.15, 0.2) is 55.1 Å². The molecular weight excluding hydrogens is 340 g/mol. The van der Waals surface area contributed by atoms with E-state index in [2.05, 4.69) is 22.4 Å². The van der Waals surface area contributed by atoms with E-state index in [1.54, 1.807) is 19.4 Å². The van der Waals surface area contributed by atoms with E-state index in [1.165, 1.54) is 17.7 Å². The highest BCUT2D eigenvalue weighted by Crippen LogP contribution is 2.31. The minimum absolute atomic E-state index is 0.00428. The molecule has 2 aromatic carbocycles. The van der Waals surface area contributed by atoms with Gasteiger partial charge in [-0.2, -0.15) is 0 Å². The molecule has 0 radical (unpaired) electrons. The van der Waals surface area contributed by atoms with Crippen LogP contribution < -0.4 is 5.32 Å². The minimum atomic E-state index is -0.442. The molecule has 0 atom stereocenters. The minimum Gasteiger partial charge on any atom is -0.380 e. The zero-order valence-corrected chi connectivity index (χ0v) is 14.4. The van der Waals surface area contributed by atoms with Gasteiger partial charge in [0.2, 0.25) is 0 Å². The van der Waals surface area contributed by atoms with Crippen LogP contribution in [0.1, 0.15) is 16.7 Å². The highest BCUT2D eigenvalue weighted by Gasteiger charge is 2.13. The van der Waals surface area contributed by atoms with E-state index in [-0.39, 0.29) is 5.69 Å². The van der Waals surface area contributed by atoms with Gasteiger partial charge in [-0.25, -0.2) is 4.98 Å². The van der Waals surface area contributed by atoms with E-state index in [1.807, 2.05) is 22.9 Å². The Kier molecular flexibility index (Phi) is 5.00. The van der Waals surface area contributed by atoms with Gasteiger partial charge in [-0.15, -0.1) is 0 Å². The maximum absolute atomic E-state index is 10.9. The number of aryl methyl sites for hydroxylation is 1. The average Bonchev–Trinajstić information content (AvgIpc) is 3.07. The molecule has 1 N–H and O–H groups in total. The molecule has 0 spiro atoms. The van der Waals surface area contributed by atoms with Crippen LogP contribution in [-0.2, 0) is 13.1 Å². The molecule has 1 aromatic heterocycles. The fraction of sp³-hybridized carbons (Fsp3) is 0.167. The molecule has 3 aromatic rings. The summed E-state index contributed by atoms with van der Waals surface area (Å²) in [6.07, 6.45) is 5.46. The van der Waals surface area contributed by atoms with Crippen molar-refractivity contribution in [1.29, 1.82) is 0 Å². The van der Waals surface area contributed by atoms with Crippen molar-refractivity contribution in [2.24, 2.45) is 0 Å². The van der Waals surface area contributed by atoms with Crippen LogP contribution in [0.3, 0.4) is 0 Å². The van der Waals surface area contributed by atoms with Crippen LogP contribution in [0.4, 0.5) is 11.4 Å². The molecule has 1 heterocycles. The largest absolute Gasteiger partial charge is 0.380 e. The fourth-order valence-corrected chi connectivity index (χ4v) is 3.00. The highest BCUT2D eigenvalue weighted by atomic mass is 35.5. The Morgan fingerprint density at radius 1 is 1.28 bits per heavy atom. The number of nitro benzene ring substituents is 1. The van der Waals surface area contributed by atoms with Gasteiger partial charge >= 0.3 is 0 Å². The summed E-state index contributed by atoms with van der Waals surface area (Å²) in [5, 5.41) is 14.5. The quantitative estimate of drug-likeness (QED) is 0.524. The van der Waals surface area contributed by atoms with E-state index in [9.17, 15) is 10.1 Å². The number of nitrogens with one attached hydrogen (secondary N) is 1. The molecule has 0 aliphatic rings. The molecule has 6 nitrogen and oxygen atoms in total. The van der Waals surface area contributed by atoms with Crippen LogP contribution in [-0.4, -0.2) is 14.5 Å². The summed E-state index contributed by atoms with van der Waals surface area (Å²) in [5.74, 6) is 0. The molecule has 0 saturated heterocycles. The predicted molar refractivity (Wildman–Crippen MR) is 97.9 cm³/mol. The third kappa shape index (κ3) is 4.16. The van der Waals surface area contributed by atoms with Gasteiger partial charge < -0.3 is 9.88 Å². The molecule has 0 saturated carbocycles. The lowest BCUT2D eigenvalue weighted by Crippen LogP contribution is -2.04. The number of hydrogen-bond acceptors (Lipinski definition) is 4. The maximum atomic E-state index is 10.9. The van der Waals surface area contributed by atoms with Gasteiger partial charge in [0.1, 0.15) is 0 Å². The van der Waals surface area contributed by atoms with E-state index in [4.69, 9.17) is 11.6 Å². The number of nitrogens with zero attached hydrogens (tertiary/aromatic N) is 3. The Hall–Kier alpha value is -2.86. The Morgan fingerprint density at radius 2 is 2.08 bits per heavy atom. The first-order chi connectivity index (χ1) is 12.0. The summed E-state index contributed by atoms with van der Waals surface area (Å²) in [4.78, 5) is 14.5. The molecule has 0 aliphatic carbocycles. The fourth-order valence-electron chi connectivity index (χ4n) is 2.67. The second-order valence-electron chi connectivity index (χ2n) is 5.79. The van der Waals surface area contributed by atoms with Crippen molar-refractivity contribution in [2.75, 3.05) is 5.32 Å². The van der Waals surface area contributed by atoms with Crippen LogP contribution in [0.2, 0.25) is 5.02 Å². The molecule has 0 aliphatic heterocycles. The van der Waals surface area contributed by atoms with Gasteiger partial charge in [-0.1, -0.05) is 35.9 Å². The van der Waals surface area contributed by atoms with Crippen LogP contribution in [0.25, 0.3) is 0 Å². The SMILES string of the molecule is Cc1cc([N+](=O)[O-])cc(Cl)c1NCc1cccc(Cn2ccnc2)c1. The van der Waals surface area contributed by atoms with E-state index in [0.29, 0.717) is 17.3 Å². The first-order valence-corrected chi connectivity index (χ1v) is 8.12. The van der Waals surface area contributed by atoms with E-state index in [0.717, 1.165) is 17.7 Å². The van der Waals surface area contributed by atoms with Crippen molar-refractivity contribution in [1.82, 2.24) is 9.55 Å². The van der Waals surface area contributed by atoms with Crippen LogP contribution in [0, 0.1) is 17.0 Å². The topological polar surface area (TPSA) is 73.0 Å². The second-order valence-corrected chi connectivity index (χ2v) is 6.19. The molecule has 25 heavy (non-hydrogen) atoms. The summed E-state index contributed by atoms with van der Waals surface area (Å²) < 4.78 is 2.00. The number of imidazole rings is 1.